The maximum atomic E-state index is 13.4. The number of barbiturate groups is 1. The first-order chi connectivity index (χ1) is 16.6. The van der Waals surface area contributed by atoms with Crippen LogP contribution in [0.15, 0.2) is 60.2 Å². The van der Waals surface area contributed by atoms with E-state index in [9.17, 15) is 18.8 Å². The molecular weight excluding hydrogens is 518 g/mol. The van der Waals surface area contributed by atoms with Gasteiger partial charge in [0.15, 0.2) is 5.75 Å². The Morgan fingerprint density at radius 2 is 1.71 bits per heavy atom. The SMILES string of the molecule is Cc1ccc(Cl)cc1N1C(=O)NC(=O)/C(=C\c2cc(Cl)c(OCc3cccc(F)c3)c(Cl)c2)C1=O. The van der Waals surface area contributed by atoms with Crippen molar-refractivity contribution in [2.24, 2.45) is 0 Å². The predicted molar refractivity (Wildman–Crippen MR) is 132 cm³/mol. The van der Waals surface area contributed by atoms with Crippen LogP contribution in [0.2, 0.25) is 15.1 Å². The first kappa shape index (κ1) is 24.7. The van der Waals surface area contributed by atoms with Crippen LogP contribution in [0.25, 0.3) is 6.08 Å². The number of benzene rings is 3. The highest BCUT2D eigenvalue weighted by Gasteiger charge is 2.37. The topological polar surface area (TPSA) is 75.7 Å². The van der Waals surface area contributed by atoms with Crippen LogP contribution in [-0.4, -0.2) is 17.8 Å². The molecular formula is C25H16Cl3FN2O4. The number of hydrogen-bond donors (Lipinski definition) is 1. The van der Waals surface area contributed by atoms with Crippen LogP contribution in [-0.2, 0) is 16.2 Å². The molecule has 1 aliphatic rings. The number of rotatable bonds is 5. The highest BCUT2D eigenvalue weighted by molar-refractivity contribution is 6.40. The van der Waals surface area contributed by atoms with Crippen molar-refractivity contribution in [3.05, 3.63) is 97.7 Å². The fraction of sp³-hybridized carbons (Fsp3) is 0.0800. The minimum atomic E-state index is -0.889. The summed E-state index contributed by atoms with van der Waals surface area (Å²) in [5.41, 5.74) is 1.46. The van der Waals surface area contributed by atoms with Crippen LogP contribution in [0.3, 0.4) is 0 Å². The molecule has 0 unspecified atom stereocenters. The normalized spacial score (nSPS) is 14.9. The van der Waals surface area contributed by atoms with Gasteiger partial charge in [-0.05, 0) is 66.1 Å². The lowest BCUT2D eigenvalue weighted by molar-refractivity contribution is -0.122. The number of urea groups is 1. The van der Waals surface area contributed by atoms with E-state index >= 15 is 0 Å². The predicted octanol–water partition coefficient (Wildman–Crippen LogP) is 6.34. The fourth-order valence-corrected chi connectivity index (χ4v) is 4.23. The van der Waals surface area contributed by atoms with Crippen molar-refractivity contribution in [1.82, 2.24) is 5.32 Å². The number of carbonyl (C=O) groups is 3. The van der Waals surface area contributed by atoms with Gasteiger partial charge in [0.1, 0.15) is 18.0 Å². The molecule has 1 heterocycles. The van der Waals surface area contributed by atoms with Crippen molar-refractivity contribution in [3.63, 3.8) is 0 Å². The summed E-state index contributed by atoms with van der Waals surface area (Å²) in [7, 11) is 0. The number of anilines is 1. The first-order valence-electron chi connectivity index (χ1n) is 10.2. The third kappa shape index (κ3) is 5.32. The fourth-order valence-electron chi connectivity index (χ4n) is 3.45. The lowest BCUT2D eigenvalue weighted by Crippen LogP contribution is -2.54. The molecule has 10 heteroatoms. The van der Waals surface area contributed by atoms with E-state index in [2.05, 4.69) is 5.32 Å². The molecule has 6 nitrogen and oxygen atoms in total. The maximum absolute atomic E-state index is 13.4. The molecule has 1 saturated heterocycles. The average Bonchev–Trinajstić information content (AvgIpc) is 2.78. The number of ether oxygens (including phenoxy) is 1. The van der Waals surface area contributed by atoms with E-state index in [0.717, 1.165) is 4.90 Å². The number of imide groups is 2. The summed E-state index contributed by atoms with van der Waals surface area (Å²) in [6, 6.07) is 12.6. The minimum absolute atomic E-state index is 0.0224. The van der Waals surface area contributed by atoms with Crippen LogP contribution in [0, 0.1) is 12.7 Å². The van der Waals surface area contributed by atoms with Crippen LogP contribution in [0.1, 0.15) is 16.7 Å². The van der Waals surface area contributed by atoms with Gasteiger partial charge >= 0.3 is 6.03 Å². The summed E-state index contributed by atoms with van der Waals surface area (Å²) in [6.45, 7) is 1.72. The summed E-state index contributed by atoms with van der Waals surface area (Å²) >= 11 is 18.7. The van der Waals surface area contributed by atoms with E-state index in [1.165, 1.54) is 36.4 Å². The second kappa shape index (κ2) is 10.1. The molecule has 0 spiro atoms. The molecule has 0 saturated carbocycles. The van der Waals surface area contributed by atoms with E-state index in [1.807, 2.05) is 0 Å². The Bertz CT molecular complexity index is 1380. The molecule has 4 amide bonds. The highest BCUT2D eigenvalue weighted by atomic mass is 35.5. The molecule has 178 valence electrons. The van der Waals surface area contributed by atoms with E-state index in [0.29, 0.717) is 21.7 Å². The molecule has 0 aromatic heterocycles. The zero-order valence-corrected chi connectivity index (χ0v) is 20.3. The van der Waals surface area contributed by atoms with Gasteiger partial charge in [-0.2, -0.15) is 0 Å². The Morgan fingerprint density at radius 3 is 2.40 bits per heavy atom. The van der Waals surface area contributed by atoms with Gasteiger partial charge in [0, 0.05) is 5.02 Å². The molecule has 3 aromatic rings. The van der Waals surface area contributed by atoms with Gasteiger partial charge in [-0.25, -0.2) is 14.1 Å². The summed E-state index contributed by atoms with van der Waals surface area (Å²) in [5.74, 6) is -1.94. The lowest BCUT2D eigenvalue weighted by Gasteiger charge is -2.27. The molecule has 0 bridgehead atoms. The number of aryl methyl sites for hydroxylation is 1. The van der Waals surface area contributed by atoms with Gasteiger partial charge in [-0.15, -0.1) is 0 Å². The van der Waals surface area contributed by atoms with E-state index in [1.54, 1.807) is 31.2 Å². The monoisotopic (exact) mass is 532 g/mol. The number of hydrogen-bond acceptors (Lipinski definition) is 4. The smallest absolute Gasteiger partial charge is 0.335 e. The van der Waals surface area contributed by atoms with E-state index in [-0.39, 0.29) is 33.7 Å². The van der Waals surface area contributed by atoms with Crippen molar-refractivity contribution in [1.29, 1.82) is 0 Å². The molecule has 1 aliphatic heterocycles. The molecule has 1 N–H and O–H groups in total. The second-order valence-electron chi connectivity index (χ2n) is 7.62. The van der Waals surface area contributed by atoms with Gasteiger partial charge in [-0.3, -0.25) is 14.9 Å². The van der Waals surface area contributed by atoms with Crippen molar-refractivity contribution in [3.8, 4) is 5.75 Å². The number of amides is 4. The van der Waals surface area contributed by atoms with Crippen molar-refractivity contribution < 1.29 is 23.5 Å². The zero-order chi connectivity index (χ0) is 25.3. The average molecular weight is 534 g/mol. The standard InChI is InChI=1S/C25H16Cl3FN2O4/c1-13-5-6-16(26)11-21(13)31-24(33)18(23(32)30-25(31)34)8-15-9-19(27)22(20(28)10-15)35-12-14-3-2-4-17(29)7-14/h2-11H,12H2,1H3,(H,30,32,34)/b18-8+. The number of halogens is 4. The molecule has 35 heavy (non-hydrogen) atoms. The van der Waals surface area contributed by atoms with Gasteiger partial charge in [0.2, 0.25) is 0 Å². The lowest BCUT2D eigenvalue weighted by atomic mass is 10.1. The third-order valence-corrected chi connectivity index (χ3v) is 5.91. The maximum Gasteiger partial charge on any atom is 0.335 e. The van der Waals surface area contributed by atoms with E-state index in [4.69, 9.17) is 39.5 Å². The Balaban J connectivity index is 1.63. The number of carbonyl (C=O) groups excluding carboxylic acids is 3. The Morgan fingerprint density at radius 1 is 1.00 bits per heavy atom. The molecule has 0 aliphatic carbocycles. The molecule has 3 aromatic carbocycles. The summed E-state index contributed by atoms with van der Waals surface area (Å²) in [5, 5.41) is 2.70. The van der Waals surface area contributed by atoms with Gasteiger partial charge in [0.05, 0.1) is 15.7 Å². The van der Waals surface area contributed by atoms with Gasteiger partial charge in [0.25, 0.3) is 11.8 Å². The van der Waals surface area contributed by atoms with Crippen molar-refractivity contribution >= 4 is 64.4 Å². The molecule has 4 rings (SSSR count). The van der Waals surface area contributed by atoms with Crippen LogP contribution >= 0.6 is 34.8 Å². The Hall–Kier alpha value is -3.39. The third-order valence-electron chi connectivity index (χ3n) is 5.12. The molecule has 0 atom stereocenters. The van der Waals surface area contributed by atoms with Crippen molar-refractivity contribution in [2.75, 3.05) is 4.90 Å². The highest BCUT2D eigenvalue weighted by Crippen LogP contribution is 2.36. The first-order valence-corrected chi connectivity index (χ1v) is 11.3. The molecule has 1 fully saturated rings. The van der Waals surface area contributed by atoms with Crippen LogP contribution in [0.4, 0.5) is 14.9 Å². The zero-order valence-electron chi connectivity index (χ0n) is 18.1. The van der Waals surface area contributed by atoms with E-state index < -0.39 is 23.7 Å². The molecule has 0 radical (unpaired) electrons. The number of nitrogens with zero attached hydrogens (tertiary/aromatic N) is 1. The Kier molecular flexibility index (Phi) is 7.12. The van der Waals surface area contributed by atoms with Crippen LogP contribution < -0.4 is 15.0 Å². The van der Waals surface area contributed by atoms with Crippen molar-refractivity contribution in [2.45, 2.75) is 13.5 Å². The Labute approximate surface area is 214 Å². The summed E-state index contributed by atoms with van der Waals surface area (Å²) < 4.78 is 19.0. The largest absolute Gasteiger partial charge is 0.486 e. The minimum Gasteiger partial charge on any atom is -0.486 e. The van der Waals surface area contributed by atoms with Crippen LogP contribution in [0.5, 0.6) is 5.75 Å². The van der Waals surface area contributed by atoms with Gasteiger partial charge in [-0.1, -0.05) is 53.0 Å². The number of nitrogens with one attached hydrogen (secondary N) is 1. The van der Waals surface area contributed by atoms with Gasteiger partial charge < -0.3 is 4.74 Å². The quantitative estimate of drug-likeness (QED) is 0.307. The second-order valence-corrected chi connectivity index (χ2v) is 8.87. The summed E-state index contributed by atoms with van der Waals surface area (Å²) in [4.78, 5) is 38.9. The summed E-state index contributed by atoms with van der Waals surface area (Å²) in [6.07, 6.45) is 1.27.